The zero-order valence-electron chi connectivity index (χ0n) is 13.4. The van der Waals surface area contributed by atoms with Crippen LogP contribution in [-0.2, 0) is 20.1 Å². The van der Waals surface area contributed by atoms with Crippen LogP contribution in [0.2, 0.25) is 5.02 Å². The molecular weight excluding hydrogens is 405 g/mol. The number of sulfonamides is 1. The van der Waals surface area contributed by atoms with Crippen LogP contribution in [0.3, 0.4) is 0 Å². The molecule has 1 fully saturated rings. The summed E-state index contributed by atoms with van der Waals surface area (Å²) in [5.74, 6) is -0.849. The van der Waals surface area contributed by atoms with Gasteiger partial charge in [0.1, 0.15) is 10.7 Å². The van der Waals surface area contributed by atoms with Gasteiger partial charge in [-0.2, -0.15) is 12.7 Å². The number of rotatable bonds is 5. The summed E-state index contributed by atoms with van der Waals surface area (Å²) in [5.41, 5.74) is 0. The van der Waals surface area contributed by atoms with Crippen molar-refractivity contribution < 1.29 is 25.4 Å². The lowest BCUT2D eigenvalue weighted by Gasteiger charge is -2.15. The van der Waals surface area contributed by atoms with Crippen LogP contribution < -0.4 is 4.18 Å². The lowest BCUT2D eigenvalue weighted by Crippen LogP contribution is -2.27. The molecule has 0 spiro atoms. The molecule has 1 aliphatic heterocycles. The molecule has 6 nitrogen and oxygen atoms in total. The molecule has 140 valence electrons. The van der Waals surface area contributed by atoms with Gasteiger partial charge in [-0.1, -0.05) is 11.6 Å². The topological polar surface area (TPSA) is 80.8 Å². The fourth-order valence-electron chi connectivity index (χ4n) is 2.56. The third-order valence-electron chi connectivity index (χ3n) is 3.91. The lowest BCUT2D eigenvalue weighted by atomic mass is 10.3. The monoisotopic (exact) mass is 419 g/mol. The number of hydrogen-bond donors (Lipinski definition) is 0. The van der Waals surface area contributed by atoms with Crippen LogP contribution in [0.25, 0.3) is 0 Å². The van der Waals surface area contributed by atoms with Crippen molar-refractivity contribution in [3.63, 3.8) is 0 Å². The summed E-state index contributed by atoms with van der Waals surface area (Å²) in [6, 6.07) is 7.78. The van der Waals surface area contributed by atoms with Crippen LogP contribution in [0.5, 0.6) is 5.75 Å². The van der Waals surface area contributed by atoms with Crippen LogP contribution in [-0.4, -0.2) is 34.2 Å². The van der Waals surface area contributed by atoms with Gasteiger partial charge in [-0.15, -0.1) is 0 Å². The summed E-state index contributed by atoms with van der Waals surface area (Å²) in [7, 11) is -7.88. The molecule has 2 aromatic rings. The second kappa shape index (κ2) is 7.15. The van der Waals surface area contributed by atoms with Gasteiger partial charge in [-0.05, 0) is 55.3 Å². The zero-order chi connectivity index (χ0) is 18.9. The molecule has 0 aromatic heterocycles. The predicted molar refractivity (Wildman–Crippen MR) is 93.7 cm³/mol. The molecule has 0 saturated carbocycles. The van der Waals surface area contributed by atoms with Gasteiger partial charge in [0.2, 0.25) is 10.0 Å². The average molecular weight is 420 g/mol. The highest BCUT2D eigenvalue weighted by molar-refractivity contribution is 7.89. The minimum atomic E-state index is -4.25. The first kappa shape index (κ1) is 19.1. The maximum absolute atomic E-state index is 13.0. The smallest absolute Gasteiger partial charge is 0.339 e. The Kier molecular flexibility index (Phi) is 5.25. The summed E-state index contributed by atoms with van der Waals surface area (Å²) in [6.07, 6.45) is 1.61. The number of halogens is 2. The molecule has 0 atom stereocenters. The number of nitrogens with zero attached hydrogens (tertiary/aromatic N) is 1. The maximum atomic E-state index is 13.0. The van der Waals surface area contributed by atoms with Gasteiger partial charge in [0.25, 0.3) is 0 Å². The summed E-state index contributed by atoms with van der Waals surface area (Å²) >= 11 is 5.77. The second-order valence-corrected chi connectivity index (χ2v) is 9.59. The van der Waals surface area contributed by atoms with Crippen molar-refractivity contribution in [1.82, 2.24) is 4.31 Å². The molecule has 2 aromatic carbocycles. The highest BCUT2D eigenvalue weighted by Crippen LogP contribution is 2.29. The zero-order valence-corrected chi connectivity index (χ0v) is 15.8. The van der Waals surface area contributed by atoms with E-state index in [1.807, 2.05) is 0 Å². The van der Waals surface area contributed by atoms with Gasteiger partial charge in [0, 0.05) is 13.1 Å². The van der Waals surface area contributed by atoms with E-state index < -0.39 is 26.0 Å². The molecule has 3 rings (SSSR count). The Bertz CT molecular complexity index is 1020. The van der Waals surface area contributed by atoms with E-state index in [2.05, 4.69) is 0 Å². The molecule has 0 amide bonds. The Morgan fingerprint density at radius 1 is 0.923 bits per heavy atom. The molecule has 0 unspecified atom stereocenters. The Morgan fingerprint density at radius 3 is 2.08 bits per heavy atom. The van der Waals surface area contributed by atoms with Crippen molar-refractivity contribution in [3.8, 4) is 5.75 Å². The van der Waals surface area contributed by atoms with Crippen LogP contribution in [0.4, 0.5) is 4.39 Å². The van der Waals surface area contributed by atoms with Crippen molar-refractivity contribution in [1.29, 1.82) is 0 Å². The van der Waals surface area contributed by atoms with Crippen molar-refractivity contribution in [2.45, 2.75) is 22.6 Å². The van der Waals surface area contributed by atoms with Gasteiger partial charge in [0.05, 0.1) is 9.92 Å². The minimum absolute atomic E-state index is 0.0122. The molecule has 1 aliphatic rings. The van der Waals surface area contributed by atoms with E-state index >= 15 is 0 Å². The molecule has 1 heterocycles. The SMILES string of the molecule is O=S(=O)(Oc1ccc(F)cc1Cl)c1ccc(S(=O)(=O)N2CCCC2)cc1. The van der Waals surface area contributed by atoms with E-state index in [1.54, 1.807) is 0 Å². The Balaban J connectivity index is 1.85. The van der Waals surface area contributed by atoms with Crippen LogP contribution in [0, 0.1) is 5.82 Å². The lowest BCUT2D eigenvalue weighted by molar-refractivity contribution is 0.476. The minimum Gasteiger partial charge on any atom is -0.377 e. The Morgan fingerprint density at radius 2 is 1.50 bits per heavy atom. The van der Waals surface area contributed by atoms with Crippen LogP contribution in [0.1, 0.15) is 12.8 Å². The predicted octanol–water partition coefficient (Wildman–Crippen LogP) is 3.03. The van der Waals surface area contributed by atoms with Crippen molar-refractivity contribution in [2.24, 2.45) is 0 Å². The highest BCUT2D eigenvalue weighted by Gasteiger charge is 2.28. The van der Waals surface area contributed by atoms with E-state index in [9.17, 15) is 21.2 Å². The first-order chi connectivity index (χ1) is 12.2. The van der Waals surface area contributed by atoms with Gasteiger partial charge >= 0.3 is 10.1 Å². The molecular formula is C16H15ClFNO5S2. The molecule has 1 saturated heterocycles. The first-order valence-corrected chi connectivity index (χ1v) is 10.9. The largest absolute Gasteiger partial charge is 0.377 e. The standard InChI is InChI=1S/C16H15ClFNO5S2/c17-15-11-12(18)3-8-16(15)24-26(22,23)14-6-4-13(5-7-14)25(20,21)19-9-1-2-10-19/h3-8,11H,1-2,9-10H2. The molecule has 0 bridgehead atoms. The van der Waals surface area contributed by atoms with E-state index in [1.165, 1.54) is 16.4 Å². The number of benzene rings is 2. The summed E-state index contributed by atoms with van der Waals surface area (Å²) < 4.78 is 68.9. The van der Waals surface area contributed by atoms with Crippen molar-refractivity contribution >= 4 is 31.7 Å². The van der Waals surface area contributed by atoms with Gasteiger partial charge < -0.3 is 4.18 Å². The van der Waals surface area contributed by atoms with Gasteiger partial charge in [0.15, 0.2) is 5.75 Å². The number of hydrogen-bond acceptors (Lipinski definition) is 5. The Hall–Kier alpha value is -1.68. The molecule has 26 heavy (non-hydrogen) atoms. The average Bonchev–Trinajstić information content (AvgIpc) is 3.13. The molecule has 0 aliphatic carbocycles. The fraction of sp³-hybridized carbons (Fsp3) is 0.250. The van der Waals surface area contributed by atoms with E-state index in [4.69, 9.17) is 15.8 Å². The van der Waals surface area contributed by atoms with Crippen molar-refractivity contribution in [2.75, 3.05) is 13.1 Å². The third-order valence-corrected chi connectivity index (χ3v) is 7.37. The summed E-state index contributed by atoms with van der Waals surface area (Å²) in [5, 5.41) is -0.193. The summed E-state index contributed by atoms with van der Waals surface area (Å²) in [4.78, 5) is -0.226. The highest BCUT2D eigenvalue weighted by atomic mass is 35.5. The first-order valence-electron chi connectivity index (χ1n) is 7.70. The van der Waals surface area contributed by atoms with Crippen LogP contribution >= 0.6 is 11.6 Å². The van der Waals surface area contributed by atoms with Crippen molar-refractivity contribution in [3.05, 3.63) is 53.3 Å². The van der Waals surface area contributed by atoms with Crippen LogP contribution in [0.15, 0.2) is 52.3 Å². The second-order valence-electron chi connectivity index (χ2n) is 5.69. The quantitative estimate of drug-likeness (QED) is 0.696. The molecule has 10 heteroatoms. The Labute approximate surface area is 156 Å². The third kappa shape index (κ3) is 3.85. The van der Waals surface area contributed by atoms with Gasteiger partial charge in [-0.25, -0.2) is 12.8 Å². The normalized spacial score (nSPS) is 15.9. The van der Waals surface area contributed by atoms with Gasteiger partial charge in [-0.3, -0.25) is 0 Å². The fourth-order valence-corrected chi connectivity index (χ4v) is 5.28. The summed E-state index contributed by atoms with van der Waals surface area (Å²) in [6.45, 7) is 0.906. The molecule has 0 N–H and O–H groups in total. The van der Waals surface area contributed by atoms with E-state index in [0.717, 1.165) is 43.2 Å². The molecule has 0 radical (unpaired) electrons. The maximum Gasteiger partial charge on any atom is 0.339 e. The van der Waals surface area contributed by atoms with E-state index in [-0.39, 0.29) is 20.6 Å². The van der Waals surface area contributed by atoms with E-state index in [0.29, 0.717) is 13.1 Å².